The summed E-state index contributed by atoms with van der Waals surface area (Å²) in [6.07, 6.45) is 0. The summed E-state index contributed by atoms with van der Waals surface area (Å²) in [6.45, 7) is 3.92. The summed E-state index contributed by atoms with van der Waals surface area (Å²) in [6, 6.07) is 18.8. The van der Waals surface area contributed by atoms with Gasteiger partial charge in [-0.1, -0.05) is 0 Å². The van der Waals surface area contributed by atoms with Gasteiger partial charge in [0.05, 0.1) is 30.3 Å². The molecule has 2 aromatic heterocycles. The molecule has 4 rings (SSSR count). The number of hydrogen-bond donors (Lipinski definition) is 0. The summed E-state index contributed by atoms with van der Waals surface area (Å²) in [5.74, 6) is -0.456. The van der Waals surface area contributed by atoms with Crippen molar-refractivity contribution >= 4 is 17.1 Å². The number of thiazole rings is 1. The molecule has 0 saturated carbocycles. The topological polar surface area (TPSA) is 80.8 Å². The van der Waals surface area contributed by atoms with E-state index in [1.165, 1.54) is 11.3 Å². The van der Waals surface area contributed by atoms with Gasteiger partial charge in [-0.05, 0) is 68.4 Å². The zero-order valence-electron chi connectivity index (χ0n) is 17.4. The molecule has 2 aromatic carbocycles. The van der Waals surface area contributed by atoms with Crippen LogP contribution in [0.2, 0.25) is 0 Å². The number of methoxy groups -OCH3 is 1. The molecule has 0 radical (unpaired) electrons. The molecular formula is C24H20N4O2S. The minimum atomic E-state index is -0.948. The van der Waals surface area contributed by atoms with Crippen molar-refractivity contribution in [2.75, 3.05) is 7.11 Å². The summed E-state index contributed by atoms with van der Waals surface area (Å²) >= 11 is 1.31. The average Bonchev–Trinajstić information content (AvgIpc) is 3.40. The maximum atomic E-state index is 13.0. The average molecular weight is 429 g/mol. The molecule has 0 fully saturated rings. The van der Waals surface area contributed by atoms with Crippen LogP contribution in [0.3, 0.4) is 0 Å². The number of Topliss-reactive ketones (excluding diaryl/α,β-unsaturated/α-hetero) is 1. The Balaban J connectivity index is 1.56. The van der Waals surface area contributed by atoms with E-state index < -0.39 is 5.92 Å². The first-order valence-electron chi connectivity index (χ1n) is 9.67. The SMILES string of the molecule is COc1ccc(-c2csc(C(C#N)C(=O)c3ccc(-n4nc(C)cc4C)cc3)n2)cc1. The van der Waals surface area contributed by atoms with Crippen molar-refractivity contribution < 1.29 is 9.53 Å². The largest absolute Gasteiger partial charge is 0.497 e. The lowest BCUT2D eigenvalue weighted by Gasteiger charge is -2.08. The van der Waals surface area contributed by atoms with Crippen LogP contribution in [0.1, 0.15) is 32.7 Å². The van der Waals surface area contributed by atoms with E-state index in [4.69, 9.17) is 4.74 Å². The van der Waals surface area contributed by atoms with E-state index in [9.17, 15) is 10.1 Å². The van der Waals surface area contributed by atoms with Crippen LogP contribution in [-0.4, -0.2) is 27.7 Å². The van der Waals surface area contributed by atoms with Gasteiger partial charge >= 0.3 is 0 Å². The molecule has 0 aliphatic heterocycles. The van der Waals surface area contributed by atoms with Crippen LogP contribution in [0.5, 0.6) is 5.75 Å². The maximum Gasteiger partial charge on any atom is 0.186 e. The van der Waals surface area contributed by atoms with Gasteiger partial charge in [0.25, 0.3) is 0 Å². The maximum absolute atomic E-state index is 13.0. The number of carbonyl (C=O) groups excluding carboxylic acids is 1. The Morgan fingerprint density at radius 1 is 1.13 bits per heavy atom. The van der Waals surface area contributed by atoms with E-state index in [2.05, 4.69) is 16.2 Å². The van der Waals surface area contributed by atoms with Gasteiger partial charge in [0.15, 0.2) is 11.7 Å². The van der Waals surface area contributed by atoms with Crippen molar-refractivity contribution in [2.45, 2.75) is 19.8 Å². The summed E-state index contributed by atoms with van der Waals surface area (Å²) in [7, 11) is 1.61. The van der Waals surface area contributed by atoms with Crippen LogP contribution in [0.4, 0.5) is 0 Å². The fraction of sp³-hybridized carbons (Fsp3) is 0.167. The Morgan fingerprint density at radius 3 is 2.42 bits per heavy atom. The number of nitriles is 1. The second-order valence-corrected chi connectivity index (χ2v) is 8.00. The number of ketones is 1. The third-order valence-electron chi connectivity index (χ3n) is 4.95. The number of aromatic nitrogens is 3. The van der Waals surface area contributed by atoms with E-state index in [0.29, 0.717) is 10.6 Å². The predicted molar refractivity (Wildman–Crippen MR) is 120 cm³/mol. The molecule has 0 bridgehead atoms. The minimum Gasteiger partial charge on any atom is -0.497 e. The number of rotatable bonds is 6. The van der Waals surface area contributed by atoms with Gasteiger partial charge in [-0.2, -0.15) is 10.4 Å². The van der Waals surface area contributed by atoms with Crippen LogP contribution in [0.15, 0.2) is 60.0 Å². The van der Waals surface area contributed by atoms with E-state index >= 15 is 0 Å². The normalized spacial score (nSPS) is 11.7. The molecule has 6 nitrogen and oxygen atoms in total. The fourth-order valence-corrected chi connectivity index (χ4v) is 4.23. The van der Waals surface area contributed by atoms with Crippen molar-refractivity contribution in [3.63, 3.8) is 0 Å². The quantitative estimate of drug-likeness (QED) is 0.399. The summed E-state index contributed by atoms with van der Waals surface area (Å²) in [5.41, 5.74) is 4.92. The lowest BCUT2D eigenvalue weighted by atomic mass is 9.99. The highest BCUT2D eigenvalue weighted by Crippen LogP contribution is 2.29. The molecule has 0 aliphatic carbocycles. The molecule has 1 unspecified atom stereocenters. The van der Waals surface area contributed by atoms with Crippen molar-refractivity contribution in [2.24, 2.45) is 0 Å². The molecule has 1 atom stereocenters. The molecule has 154 valence electrons. The van der Waals surface area contributed by atoms with E-state index in [1.807, 2.05) is 66.4 Å². The van der Waals surface area contributed by atoms with Gasteiger partial charge in [0.2, 0.25) is 0 Å². The lowest BCUT2D eigenvalue weighted by molar-refractivity contribution is 0.0979. The summed E-state index contributed by atoms with van der Waals surface area (Å²) in [5, 5.41) is 16.5. The highest BCUT2D eigenvalue weighted by molar-refractivity contribution is 7.10. The molecule has 0 amide bonds. The highest BCUT2D eigenvalue weighted by atomic mass is 32.1. The van der Waals surface area contributed by atoms with Crippen LogP contribution >= 0.6 is 11.3 Å². The van der Waals surface area contributed by atoms with Gasteiger partial charge in [-0.15, -0.1) is 11.3 Å². The molecule has 4 aromatic rings. The van der Waals surface area contributed by atoms with Crippen LogP contribution in [0, 0.1) is 25.2 Å². The highest BCUT2D eigenvalue weighted by Gasteiger charge is 2.25. The van der Waals surface area contributed by atoms with E-state index in [-0.39, 0.29) is 5.78 Å². The summed E-state index contributed by atoms with van der Waals surface area (Å²) < 4.78 is 7.01. The Morgan fingerprint density at radius 2 is 1.84 bits per heavy atom. The number of benzene rings is 2. The molecular weight excluding hydrogens is 408 g/mol. The monoisotopic (exact) mass is 428 g/mol. The first-order chi connectivity index (χ1) is 15.0. The van der Waals surface area contributed by atoms with E-state index in [0.717, 1.165) is 34.1 Å². The first-order valence-corrected chi connectivity index (χ1v) is 10.6. The van der Waals surface area contributed by atoms with Gasteiger partial charge < -0.3 is 4.74 Å². The third-order valence-corrected chi connectivity index (χ3v) is 5.86. The van der Waals surface area contributed by atoms with Gasteiger partial charge in [0, 0.05) is 22.2 Å². The van der Waals surface area contributed by atoms with Crippen LogP contribution < -0.4 is 4.74 Å². The number of nitrogens with zero attached hydrogens (tertiary/aromatic N) is 4. The molecule has 0 N–H and O–H groups in total. The first kappa shape index (κ1) is 20.5. The Labute approximate surface area is 184 Å². The zero-order valence-corrected chi connectivity index (χ0v) is 18.2. The molecule has 7 heteroatoms. The number of aryl methyl sites for hydroxylation is 2. The zero-order chi connectivity index (χ0) is 22.0. The van der Waals surface area contributed by atoms with Crippen molar-refractivity contribution in [3.05, 3.63) is 81.9 Å². The summed E-state index contributed by atoms with van der Waals surface area (Å²) in [4.78, 5) is 17.6. The fourth-order valence-electron chi connectivity index (χ4n) is 3.36. The molecule has 0 spiro atoms. The Kier molecular flexibility index (Phi) is 5.65. The predicted octanol–water partition coefficient (Wildman–Crippen LogP) is 5.11. The van der Waals surface area contributed by atoms with Crippen molar-refractivity contribution in [1.29, 1.82) is 5.26 Å². The van der Waals surface area contributed by atoms with E-state index in [1.54, 1.807) is 19.2 Å². The van der Waals surface area contributed by atoms with Crippen LogP contribution in [0.25, 0.3) is 16.9 Å². The molecule has 31 heavy (non-hydrogen) atoms. The molecule has 0 aliphatic rings. The number of hydrogen-bond acceptors (Lipinski definition) is 6. The second-order valence-electron chi connectivity index (χ2n) is 7.11. The lowest BCUT2D eigenvalue weighted by Crippen LogP contribution is -2.11. The molecule has 2 heterocycles. The second kappa shape index (κ2) is 8.54. The van der Waals surface area contributed by atoms with Gasteiger partial charge in [-0.25, -0.2) is 9.67 Å². The minimum absolute atomic E-state index is 0.266. The number of ether oxygens (including phenoxy) is 1. The Bertz CT molecular complexity index is 1260. The van der Waals surface area contributed by atoms with Gasteiger partial charge in [0.1, 0.15) is 10.8 Å². The molecule has 0 saturated heterocycles. The smallest absolute Gasteiger partial charge is 0.186 e. The number of carbonyl (C=O) groups is 1. The Hall–Kier alpha value is -3.76. The van der Waals surface area contributed by atoms with Crippen LogP contribution in [-0.2, 0) is 0 Å². The van der Waals surface area contributed by atoms with Crippen molar-refractivity contribution in [1.82, 2.24) is 14.8 Å². The van der Waals surface area contributed by atoms with Gasteiger partial charge in [-0.3, -0.25) is 4.79 Å². The third kappa shape index (κ3) is 4.11. The van der Waals surface area contributed by atoms with Crippen molar-refractivity contribution in [3.8, 4) is 28.8 Å². The standard InChI is InChI=1S/C24H20N4O2S/c1-15-12-16(2)28(27-15)19-8-4-18(5-9-19)23(29)21(13-25)24-26-22(14-31-24)17-6-10-20(30-3)11-7-17/h4-12,14,21H,1-3H3.